The van der Waals surface area contributed by atoms with Gasteiger partial charge in [0.2, 0.25) is 11.1 Å². The number of rotatable bonds is 6. The zero-order valence-electron chi connectivity index (χ0n) is 13.2. The molecule has 126 valence electrons. The Morgan fingerprint density at radius 3 is 2.68 bits per heavy atom. The molecule has 0 aliphatic carbocycles. The summed E-state index contributed by atoms with van der Waals surface area (Å²) in [5.74, 6) is 0.900. The average molecular weight is 350 g/mol. The molecule has 22 heavy (non-hydrogen) atoms. The number of aromatic nitrogens is 1. The van der Waals surface area contributed by atoms with Gasteiger partial charge in [0.15, 0.2) is 0 Å². The summed E-state index contributed by atoms with van der Waals surface area (Å²) < 4.78 is 4.91. The fraction of sp³-hybridized carbons (Fsp3) is 0.733. The summed E-state index contributed by atoms with van der Waals surface area (Å²) >= 11 is 5.92. The Kier molecular flexibility index (Phi) is 8.21. The summed E-state index contributed by atoms with van der Waals surface area (Å²) in [6.45, 7) is 7.78. The second kappa shape index (κ2) is 9.38. The molecule has 1 aromatic rings. The number of carbonyl (C=O) groups is 1. The lowest BCUT2D eigenvalue weighted by Crippen LogP contribution is -2.40. The van der Waals surface area contributed by atoms with E-state index in [2.05, 4.69) is 17.4 Å². The molecule has 0 bridgehead atoms. The van der Waals surface area contributed by atoms with Crippen molar-refractivity contribution in [3.8, 4) is 0 Å². The zero-order valence-corrected chi connectivity index (χ0v) is 14.8. The van der Waals surface area contributed by atoms with Crippen LogP contribution >= 0.6 is 24.0 Å². The molecule has 1 saturated heterocycles. The Bertz CT molecular complexity index is 452. The number of carbonyl (C=O) groups excluding carboxylic acids is 1. The minimum atomic E-state index is 0. The molecule has 1 aliphatic heterocycles. The number of hydrogen-bond acceptors (Lipinski definition) is 4. The molecule has 5 nitrogen and oxygen atoms in total. The van der Waals surface area contributed by atoms with E-state index in [4.69, 9.17) is 16.1 Å². The Morgan fingerprint density at radius 2 is 2.14 bits per heavy atom. The van der Waals surface area contributed by atoms with E-state index < -0.39 is 0 Å². The van der Waals surface area contributed by atoms with Crippen LogP contribution in [0.15, 0.2) is 4.52 Å². The fourth-order valence-electron chi connectivity index (χ4n) is 2.77. The molecule has 1 aromatic heterocycles. The lowest BCUT2D eigenvalue weighted by molar-refractivity contribution is -0.132. The van der Waals surface area contributed by atoms with Crippen LogP contribution in [0.3, 0.4) is 0 Å². The van der Waals surface area contributed by atoms with E-state index in [0.29, 0.717) is 24.0 Å². The second-order valence-electron chi connectivity index (χ2n) is 5.65. The highest BCUT2D eigenvalue weighted by molar-refractivity contribution is 6.29. The Labute approximate surface area is 143 Å². The molecule has 0 atom stereocenters. The van der Waals surface area contributed by atoms with Crippen LogP contribution in [0.2, 0.25) is 5.22 Å². The summed E-state index contributed by atoms with van der Waals surface area (Å²) in [4.78, 5) is 14.2. The third-order valence-corrected chi connectivity index (χ3v) is 4.47. The standard InChI is InChI=1S/C15H24ClN3O2.ClH/c1-3-17-10-12-6-8-19(9-7-12)14(20)5-4-13-11(2)18-21-15(13)16;/h12,17H,3-10H2,1-2H3;1H. The number of likely N-dealkylation sites (tertiary alicyclic amines) is 1. The molecule has 1 N–H and O–H groups in total. The van der Waals surface area contributed by atoms with Crippen molar-refractivity contribution >= 4 is 29.9 Å². The maximum atomic E-state index is 12.3. The van der Waals surface area contributed by atoms with Crippen LogP contribution in [0.1, 0.15) is 37.4 Å². The van der Waals surface area contributed by atoms with Gasteiger partial charge in [-0.05, 0) is 56.8 Å². The number of nitrogens with zero attached hydrogens (tertiary/aromatic N) is 2. The molecule has 2 rings (SSSR count). The van der Waals surface area contributed by atoms with Gasteiger partial charge in [-0.25, -0.2) is 0 Å². The third kappa shape index (κ3) is 5.14. The summed E-state index contributed by atoms with van der Waals surface area (Å²) in [6, 6.07) is 0. The van der Waals surface area contributed by atoms with E-state index in [1.807, 2.05) is 11.8 Å². The SMILES string of the molecule is CCNCC1CCN(C(=O)CCc2c(C)noc2Cl)CC1.Cl. The lowest BCUT2D eigenvalue weighted by Gasteiger charge is -2.32. The van der Waals surface area contributed by atoms with Crippen molar-refractivity contribution in [1.29, 1.82) is 0 Å². The smallest absolute Gasteiger partial charge is 0.229 e. The van der Waals surface area contributed by atoms with Crippen LogP contribution in [0.25, 0.3) is 0 Å². The molecular formula is C15H25Cl2N3O2. The fourth-order valence-corrected chi connectivity index (χ4v) is 3.03. The zero-order chi connectivity index (χ0) is 15.2. The first-order valence-corrected chi connectivity index (χ1v) is 8.08. The third-order valence-electron chi connectivity index (χ3n) is 4.18. The van der Waals surface area contributed by atoms with Crippen LogP contribution in [0.5, 0.6) is 0 Å². The highest BCUT2D eigenvalue weighted by Crippen LogP contribution is 2.22. The lowest BCUT2D eigenvalue weighted by atomic mass is 9.96. The van der Waals surface area contributed by atoms with Crippen LogP contribution in [0, 0.1) is 12.8 Å². The number of halogens is 2. The number of hydrogen-bond donors (Lipinski definition) is 1. The minimum Gasteiger partial charge on any atom is -0.344 e. The van der Waals surface area contributed by atoms with Crippen molar-refractivity contribution in [1.82, 2.24) is 15.4 Å². The molecule has 0 unspecified atom stereocenters. The van der Waals surface area contributed by atoms with Crippen LogP contribution in [-0.4, -0.2) is 42.1 Å². The van der Waals surface area contributed by atoms with E-state index in [1.54, 1.807) is 0 Å². The van der Waals surface area contributed by atoms with E-state index >= 15 is 0 Å². The predicted molar refractivity (Wildman–Crippen MR) is 89.7 cm³/mol. The predicted octanol–water partition coefficient (Wildman–Crippen LogP) is 2.84. The maximum absolute atomic E-state index is 12.3. The largest absolute Gasteiger partial charge is 0.344 e. The summed E-state index contributed by atoms with van der Waals surface area (Å²) in [6.07, 6.45) is 3.25. The molecule has 7 heteroatoms. The molecule has 1 fully saturated rings. The molecule has 1 aliphatic rings. The quantitative estimate of drug-likeness (QED) is 0.857. The molecule has 0 aromatic carbocycles. The summed E-state index contributed by atoms with van der Waals surface area (Å²) in [5.41, 5.74) is 1.63. The van der Waals surface area contributed by atoms with Gasteiger partial charge in [-0.15, -0.1) is 12.4 Å². The topological polar surface area (TPSA) is 58.4 Å². The van der Waals surface area contributed by atoms with Crippen LogP contribution in [-0.2, 0) is 11.2 Å². The first kappa shape index (κ1) is 19.3. The van der Waals surface area contributed by atoms with Gasteiger partial charge in [0.25, 0.3) is 0 Å². The second-order valence-corrected chi connectivity index (χ2v) is 6.00. The first-order chi connectivity index (χ1) is 10.1. The van der Waals surface area contributed by atoms with Gasteiger partial charge in [0.05, 0.1) is 5.69 Å². The Balaban J connectivity index is 0.00000242. The van der Waals surface area contributed by atoms with Gasteiger partial charge in [-0.1, -0.05) is 12.1 Å². The average Bonchev–Trinajstić information content (AvgIpc) is 2.82. The van der Waals surface area contributed by atoms with E-state index in [-0.39, 0.29) is 18.3 Å². The normalized spacial score (nSPS) is 15.7. The molecule has 0 saturated carbocycles. The molecule has 1 amide bonds. The van der Waals surface area contributed by atoms with E-state index in [0.717, 1.165) is 50.3 Å². The van der Waals surface area contributed by atoms with Gasteiger partial charge >= 0.3 is 0 Å². The van der Waals surface area contributed by atoms with Crippen molar-refractivity contribution in [2.45, 2.75) is 39.5 Å². The molecular weight excluding hydrogens is 325 g/mol. The Morgan fingerprint density at radius 1 is 1.45 bits per heavy atom. The summed E-state index contributed by atoms with van der Waals surface area (Å²) in [5, 5.41) is 7.50. The number of piperidine rings is 1. The number of amides is 1. The van der Waals surface area contributed by atoms with Crippen LogP contribution in [0.4, 0.5) is 0 Å². The van der Waals surface area contributed by atoms with E-state index in [1.165, 1.54) is 0 Å². The summed E-state index contributed by atoms with van der Waals surface area (Å²) in [7, 11) is 0. The monoisotopic (exact) mass is 349 g/mol. The molecule has 0 radical (unpaired) electrons. The number of aryl methyl sites for hydroxylation is 1. The van der Waals surface area contributed by atoms with Crippen molar-refractivity contribution in [2.24, 2.45) is 5.92 Å². The van der Waals surface area contributed by atoms with Gasteiger partial charge in [-0.2, -0.15) is 0 Å². The Hall–Kier alpha value is -0.780. The van der Waals surface area contributed by atoms with Crippen molar-refractivity contribution in [3.05, 3.63) is 16.5 Å². The van der Waals surface area contributed by atoms with Crippen molar-refractivity contribution in [3.63, 3.8) is 0 Å². The van der Waals surface area contributed by atoms with E-state index in [9.17, 15) is 4.79 Å². The first-order valence-electron chi connectivity index (χ1n) is 7.71. The van der Waals surface area contributed by atoms with Gasteiger partial charge < -0.3 is 14.7 Å². The maximum Gasteiger partial charge on any atom is 0.229 e. The highest BCUT2D eigenvalue weighted by atomic mass is 35.5. The van der Waals surface area contributed by atoms with Gasteiger partial charge in [0.1, 0.15) is 0 Å². The van der Waals surface area contributed by atoms with Crippen molar-refractivity contribution in [2.75, 3.05) is 26.2 Å². The highest BCUT2D eigenvalue weighted by Gasteiger charge is 2.23. The molecule has 2 heterocycles. The van der Waals surface area contributed by atoms with Crippen LogP contribution < -0.4 is 5.32 Å². The minimum absolute atomic E-state index is 0. The van der Waals surface area contributed by atoms with Gasteiger partial charge in [0, 0.05) is 25.1 Å². The van der Waals surface area contributed by atoms with Crippen molar-refractivity contribution < 1.29 is 9.32 Å². The number of nitrogens with one attached hydrogen (secondary N) is 1. The molecule has 0 spiro atoms. The van der Waals surface area contributed by atoms with Gasteiger partial charge in [-0.3, -0.25) is 4.79 Å².